The monoisotopic (exact) mass is 253 g/mol. The Morgan fingerprint density at radius 2 is 1.89 bits per heavy atom. The predicted molar refractivity (Wildman–Crippen MR) is 61.9 cm³/mol. The summed E-state index contributed by atoms with van der Waals surface area (Å²) < 4.78 is 30.4. The first-order chi connectivity index (χ1) is 8.38. The van der Waals surface area contributed by atoms with Gasteiger partial charge in [0.2, 0.25) is 5.82 Å². The molecule has 0 bridgehead atoms. The lowest BCUT2D eigenvalue weighted by Crippen LogP contribution is -2.07. The molecule has 0 aliphatic rings. The van der Waals surface area contributed by atoms with Crippen LogP contribution in [0.3, 0.4) is 0 Å². The lowest BCUT2D eigenvalue weighted by Gasteiger charge is -2.05. The summed E-state index contributed by atoms with van der Waals surface area (Å²) in [5, 5.41) is 3.53. The number of alkyl halides is 2. The van der Waals surface area contributed by atoms with E-state index in [1.165, 1.54) is 0 Å². The highest BCUT2D eigenvalue weighted by molar-refractivity contribution is 5.54. The molecule has 1 heterocycles. The number of nitrogens with two attached hydrogens (primary N) is 1. The molecular weight excluding hydrogens is 240 g/mol. The number of aromatic nitrogens is 2. The average Bonchev–Trinajstić information content (AvgIpc) is 2.78. The van der Waals surface area contributed by atoms with Crippen LogP contribution in [-0.4, -0.2) is 10.1 Å². The van der Waals surface area contributed by atoms with Crippen LogP contribution in [-0.2, 0) is 5.92 Å². The average molecular weight is 253 g/mol. The molecule has 0 saturated carbocycles. The van der Waals surface area contributed by atoms with Crippen molar-refractivity contribution < 1.29 is 13.3 Å². The van der Waals surface area contributed by atoms with Gasteiger partial charge in [0.1, 0.15) is 0 Å². The number of halogens is 2. The third kappa shape index (κ3) is 2.53. The van der Waals surface area contributed by atoms with Crippen molar-refractivity contribution in [3.05, 3.63) is 35.7 Å². The summed E-state index contributed by atoms with van der Waals surface area (Å²) in [6.07, 6.45) is 0. The maximum absolute atomic E-state index is 12.9. The molecule has 1 aromatic heterocycles. The van der Waals surface area contributed by atoms with Gasteiger partial charge in [-0.1, -0.05) is 29.4 Å². The number of nitrogens with zero attached hydrogens (tertiary/aromatic N) is 2. The predicted octanol–water partition coefficient (Wildman–Crippen LogP) is 2.87. The minimum Gasteiger partial charge on any atom is -0.332 e. The van der Waals surface area contributed by atoms with Gasteiger partial charge >= 0.3 is 5.92 Å². The van der Waals surface area contributed by atoms with E-state index in [-0.39, 0.29) is 11.9 Å². The van der Waals surface area contributed by atoms with Gasteiger partial charge in [-0.25, -0.2) is 0 Å². The first-order valence-corrected chi connectivity index (χ1v) is 5.46. The minimum absolute atomic E-state index is 0.0835. The van der Waals surface area contributed by atoms with Crippen LogP contribution in [0.1, 0.15) is 31.3 Å². The fraction of sp³-hybridized carbons (Fsp3) is 0.333. The van der Waals surface area contributed by atoms with Gasteiger partial charge in [-0.2, -0.15) is 13.8 Å². The number of hydrogen-bond acceptors (Lipinski definition) is 4. The van der Waals surface area contributed by atoms with Crippen molar-refractivity contribution in [2.24, 2.45) is 5.73 Å². The Morgan fingerprint density at radius 1 is 1.28 bits per heavy atom. The topological polar surface area (TPSA) is 64.9 Å². The van der Waals surface area contributed by atoms with E-state index in [1.54, 1.807) is 24.3 Å². The third-order valence-corrected chi connectivity index (χ3v) is 2.50. The maximum Gasteiger partial charge on any atom is 0.322 e. The van der Waals surface area contributed by atoms with Crippen LogP contribution in [0.15, 0.2) is 28.8 Å². The summed E-state index contributed by atoms with van der Waals surface area (Å²) in [4.78, 5) is 3.67. The molecule has 0 radical (unpaired) electrons. The number of hydrogen-bond donors (Lipinski definition) is 1. The van der Waals surface area contributed by atoms with Crippen LogP contribution in [0, 0.1) is 0 Å². The Balaban J connectivity index is 2.29. The summed E-state index contributed by atoms with van der Waals surface area (Å²) in [6.45, 7) is 2.57. The highest BCUT2D eigenvalue weighted by atomic mass is 19.3. The summed E-state index contributed by atoms with van der Waals surface area (Å²) >= 11 is 0. The number of rotatable bonds is 3. The van der Waals surface area contributed by atoms with Crippen LogP contribution in [0.2, 0.25) is 0 Å². The third-order valence-electron chi connectivity index (χ3n) is 2.50. The van der Waals surface area contributed by atoms with E-state index in [4.69, 9.17) is 5.73 Å². The fourth-order valence-corrected chi connectivity index (χ4v) is 1.45. The zero-order valence-electron chi connectivity index (χ0n) is 10.0. The molecule has 96 valence electrons. The molecular formula is C12H13F2N3O. The molecule has 0 amide bonds. The fourth-order valence-electron chi connectivity index (χ4n) is 1.45. The van der Waals surface area contributed by atoms with E-state index in [1.807, 2.05) is 6.92 Å². The largest absolute Gasteiger partial charge is 0.332 e. The van der Waals surface area contributed by atoms with Gasteiger partial charge in [-0.15, -0.1) is 0 Å². The van der Waals surface area contributed by atoms with Gasteiger partial charge in [-0.05, 0) is 12.5 Å². The Labute approximate surface area is 103 Å². The van der Waals surface area contributed by atoms with E-state index in [2.05, 4.69) is 14.7 Å². The molecule has 1 atom stereocenters. The molecule has 18 heavy (non-hydrogen) atoms. The van der Waals surface area contributed by atoms with Crippen LogP contribution < -0.4 is 5.73 Å². The van der Waals surface area contributed by atoms with Crippen molar-refractivity contribution >= 4 is 0 Å². The van der Waals surface area contributed by atoms with E-state index < -0.39 is 11.8 Å². The van der Waals surface area contributed by atoms with Crippen molar-refractivity contribution in [3.63, 3.8) is 0 Å². The van der Waals surface area contributed by atoms with Crippen LogP contribution in [0.4, 0.5) is 8.78 Å². The molecule has 2 aromatic rings. The van der Waals surface area contributed by atoms with Gasteiger partial charge in [-0.3, -0.25) is 0 Å². The first-order valence-electron chi connectivity index (χ1n) is 5.46. The normalized spacial score (nSPS) is 13.6. The number of benzene rings is 1. The van der Waals surface area contributed by atoms with E-state index >= 15 is 0 Å². The second kappa shape index (κ2) is 4.45. The summed E-state index contributed by atoms with van der Waals surface area (Å²) in [5.74, 6) is -3.67. The lowest BCUT2D eigenvalue weighted by molar-refractivity contribution is -0.0158. The van der Waals surface area contributed by atoms with Crippen molar-refractivity contribution in [2.45, 2.75) is 25.8 Å². The van der Waals surface area contributed by atoms with Gasteiger partial charge in [0.25, 0.3) is 5.89 Å². The van der Waals surface area contributed by atoms with Gasteiger partial charge < -0.3 is 10.3 Å². The molecule has 0 saturated heterocycles. The van der Waals surface area contributed by atoms with E-state index in [0.717, 1.165) is 5.56 Å². The lowest BCUT2D eigenvalue weighted by atomic mass is 10.1. The Bertz CT molecular complexity index is 529. The van der Waals surface area contributed by atoms with Crippen molar-refractivity contribution in [3.8, 4) is 11.4 Å². The van der Waals surface area contributed by atoms with Crippen LogP contribution in [0.25, 0.3) is 11.4 Å². The van der Waals surface area contributed by atoms with E-state index in [0.29, 0.717) is 12.5 Å². The molecule has 1 aromatic carbocycles. The maximum atomic E-state index is 12.9. The minimum atomic E-state index is -3.13. The van der Waals surface area contributed by atoms with Crippen molar-refractivity contribution in [1.82, 2.24) is 10.1 Å². The molecule has 2 rings (SSSR count). The summed E-state index contributed by atoms with van der Waals surface area (Å²) in [7, 11) is 0. The highest BCUT2D eigenvalue weighted by Gasteiger charge is 2.32. The second-order valence-electron chi connectivity index (χ2n) is 4.22. The zero-order chi connectivity index (χ0) is 13.3. The molecule has 1 unspecified atom stereocenters. The first kappa shape index (κ1) is 12.6. The molecule has 4 nitrogen and oxygen atoms in total. The SMILES string of the molecule is CC(N)c1ccc(-c2noc(C(C)(F)F)n2)cc1. The summed E-state index contributed by atoms with van der Waals surface area (Å²) in [6, 6.07) is 6.97. The second-order valence-corrected chi connectivity index (χ2v) is 4.22. The quantitative estimate of drug-likeness (QED) is 0.913. The van der Waals surface area contributed by atoms with Gasteiger partial charge in [0, 0.05) is 18.5 Å². The Hall–Kier alpha value is -1.82. The Kier molecular flexibility index (Phi) is 3.13. The standard InChI is InChI=1S/C12H13F2N3O/c1-7(15)8-3-5-9(6-4-8)10-16-11(18-17-10)12(2,13)14/h3-7H,15H2,1-2H3. The van der Waals surface area contributed by atoms with Gasteiger partial charge in [0.05, 0.1) is 0 Å². The highest BCUT2D eigenvalue weighted by Crippen LogP contribution is 2.27. The van der Waals surface area contributed by atoms with Crippen LogP contribution in [0.5, 0.6) is 0 Å². The van der Waals surface area contributed by atoms with Gasteiger partial charge in [0.15, 0.2) is 0 Å². The Morgan fingerprint density at radius 3 is 2.33 bits per heavy atom. The molecule has 2 N–H and O–H groups in total. The molecule has 0 aliphatic heterocycles. The molecule has 0 aliphatic carbocycles. The molecule has 6 heteroatoms. The molecule has 0 fully saturated rings. The smallest absolute Gasteiger partial charge is 0.322 e. The van der Waals surface area contributed by atoms with Crippen molar-refractivity contribution in [1.29, 1.82) is 0 Å². The molecule has 0 spiro atoms. The van der Waals surface area contributed by atoms with Crippen molar-refractivity contribution in [2.75, 3.05) is 0 Å². The van der Waals surface area contributed by atoms with E-state index in [9.17, 15) is 8.78 Å². The summed E-state index contributed by atoms with van der Waals surface area (Å²) in [5.41, 5.74) is 7.27. The zero-order valence-corrected chi connectivity index (χ0v) is 10.0. The van der Waals surface area contributed by atoms with Crippen LogP contribution >= 0.6 is 0 Å².